The molecule has 78 valence electrons. The highest BCUT2D eigenvalue weighted by Gasteiger charge is 2.17. The van der Waals surface area contributed by atoms with Gasteiger partial charge in [-0.05, 0) is 24.4 Å². The maximum atomic E-state index is 5.80. The van der Waals surface area contributed by atoms with E-state index < -0.39 is 0 Å². The molecule has 2 rings (SSSR count). The van der Waals surface area contributed by atoms with Crippen molar-refractivity contribution in [3.05, 3.63) is 9.47 Å². The molecule has 1 saturated carbocycles. The summed E-state index contributed by atoms with van der Waals surface area (Å²) in [5, 5.41) is 9.18. The fraction of sp³-hybridized carbons (Fsp3) is 0.800. The fourth-order valence-corrected chi connectivity index (χ4v) is 3.10. The second-order valence-electron chi connectivity index (χ2n) is 3.94. The van der Waals surface area contributed by atoms with Crippen molar-refractivity contribution in [2.45, 2.75) is 50.9 Å². The van der Waals surface area contributed by atoms with Gasteiger partial charge in [0.2, 0.25) is 4.47 Å². The predicted molar refractivity (Wildman–Crippen MR) is 60.0 cm³/mol. The van der Waals surface area contributed by atoms with Gasteiger partial charge in [-0.2, -0.15) is 0 Å². The zero-order chi connectivity index (χ0) is 9.80. The van der Waals surface area contributed by atoms with Gasteiger partial charge in [0.15, 0.2) is 0 Å². The maximum absolute atomic E-state index is 5.80. The van der Waals surface area contributed by atoms with E-state index in [1.165, 1.54) is 44.9 Å². The van der Waals surface area contributed by atoms with E-state index in [1.807, 2.05) is 0 Å². The molecule has 2 nitrogen and oxygen atoms in total. The second-order valence-corrected chi connectivity index (χ2v) is 5.53. The van der Waals surface area contributed by atoms with Crippen molar-refractivity contribution in [2.75, 3.05) is 0 Å². The van der Waals surface area contributed by atoms with E-state index in [4.69, 9.17) is 11.6 Å². The molecule has 0 N–H and O–H groups in total. The second kappa shape index (κ2) is 5.08. The van der Waals surface area contributed by atoms with Crippen LogP contribution in [0.1, 0.15) is 55.9 Å². The first kappa shape index (κ1) is 10.4. The van der Waals surface area contributed by atoms with E-state index in [-0.39, 0.29) is 0 Å². The fourth-order valence-electron chi connectivity index (χ4n) is 2.08. The van der Waals surface area contributed by atoms with Gasteiger partial charge in [-0.25, -0.2) is 0 Å². The first-order valence-corrected chi connectivity index (χ1v) is 6.54. The standard InChI is InChI=1S/C10H15ClN2S/c11-10-13-12-9(14-10)8-6-4-2-1-3-5-7-8/h8H,1-7H2. The molecule has 0 aromatic carbocycles. The van der Waals surface area contributed by atoms with Crippen molar-refractivity contribution < 1.29 is 0 Å². The van der Waals surface area contributed by atoms with Crippen LogP contribution >= 0.6 is 22.9 Å². The van der Waals surface area contributed by atoms with Crippen LogP contribution < -0.4 is 0 Å². The van der Waals surface area contributed by atoms with Crippen molar-refractivity contribution in [2.24, 2.45) is 0 Å². The lowest BCUT2D eigenvalue weighted by atomic mass is 9.92. The highest BCUT2D eigenvalue weighted by atomic mass is 35.5. The smallest absolute Gasteiger partial charge is 0.142 e. The summed E-state index contributed by atoms with van der Waals surface area (Å²) in [4.78, 5) is 0. The van der Waals surface area contributed by atoms with Gasteiger partial charge in [-0.15, -0.1) is 10.2 Å². The van der Waals surface area contributed by atoms with Crippen molar-refractivity contribution in [3.8, 4) is 0 Å². The van der Waals surface area contributed by atoms with E-state index in [1.54, 1.807) is 11.3 Å². The molecule has 0 aliphatic heterocycles. The molecule has 4 heteroatoms. The summed E-state index contributed by atoms with van der Waals surface area (Å²) in [5.41, 5.74) is 0. The minimum absolute atomic E-state index is 0.585. The Morgan fingerprint density at radius 1 is 1.00 bits per heavy atom. The number of halogens is 1. The van der Waals surface area contributed by atoms with Crippen LogP contribution in [-0.2, 0) is 0 Å². The lowest BCUT2D eigenvalue weighted by molar-refractivity contribution is 0.453. The number of nitrogens with zero attached hydrogens (tertiary/aromatic N) is 2. The Balaban J connectivity index is 2.00. The third-order valence-electron chi connectivity index (χ3n) is 2.87. The largest absolute Gasteiger partial charge is 0.207 e. The molecule has 1 aliphatic rings. The van der Waals surface area contributed by atoms with E-state index in [9.17, 15) is 0 Å². The number of hydrogen-bond donors (Lipinski definition) is 0. The van der Waals surface area contributed by atoms with Crippen molar-refractivity contribution in [1.29, 1.82) is 0 Å². The van der Waals surface area contributed by atoms with Crippen LogP contribution in [0, 0.1) is 0 Å². The Labute approximate surface area is 93.7 Å². The van der Waals surface area contributed by atoms with Gasteiger partial charge in [-0.3, -0.25) is 0 Å². The molecule has 0 atom stereocenters. The highest BCUT2D eigenvalue weighted by molar-refractivity contribution is 7.15. The quantitative estimate of drug-likeness (QED) is 0.728. The summed E-state index contributed by atoms with van der Waals surface area (Å²) < 4.78 is 0.585. The lowest BCUT2D eigenvalue weighted by Crippen LogP contribution is -2.01. The van der Waals surface area contributed by atoms with Gasteiger partial charge >= 0.3 is 0 Å². The van der Waals surface area contributed by atoms with E-state index >= 15 is 0 Å². The summed E-state index contributed by atoms with van der Waals surface area (Å²) in [6, 6.07) is 0. The molecular weight excluding hydrogens is 216 g/mol. The Morgan fingerprint density at radius 3 is 2.21 bits per heavy atom. The monoisotopic (exact) mass is 230 g/mol. The summed E-state index contributed by atoms with van der Waals surface area (Å²) in [6.45, 7) is 0. The Kier molecular flexibility index (Phi) is 3.76. The molecule has 1 aromatic rings. The molecule has 1 aliphatic carbocycles. The van der Waals surface area contributed by atoms with Gasteiger partial charge in [0, 0.05) is 5.92 Å². The molecule has 0 radical (unpaired) electrons. The molecule has 0 amide bonds. The van der Waals surface area contributed by atoms with E-state index in [0.717, 1.165) is 5.01 Å². The molecule has 1 aromatic heterocycles. The first-order valence-electron chi connectivity index (χ1n) is 5.35. The Hall–Kier alpha value is -0.150. The number of rotatable bonds is 1. The van der Waals surface area contributed by atoms with Gasteiger partial charge in [0.25, 0.3) is 0 Å². The number of hydrogen-bond acceptors (Lipinski definition) is 3. The van der Waals surface area contributed by atoms with Crippen LogP contribution in [0.2, 0.25) is 4.47 Å². The predicted octanol–water partition coefficient (Wildman–Crippen LogP) is 4.02. The summed E-state index contributed by atoms with van der Waals surface area (Å²) >= 11 is 7.35. The van der Waals surface area contributed by atoms with Gasteiger partial charge < -0.3 is 0 Å². The zero-order valence-corrected chi connectivity index (χ0v) is 9.78. The molecule has 1 heterocycles. The van der Waals surface area contributed by atoms with Gasteiger partial charge in [-0.1, -0.05) is 43.4 Å². The lowest BCUT2D eigenvalue weighted by Gasteiger charge is -2.16. The molecular formula is C10H15ClN2S. The van der Waals surface area contributed by atoms with Gasteiger partial charge in [0.1, 0.15) is 5.01 Å². The Morgan fingerprint density at radius 2 is 1.64 bits per heavy atom. The summed E-state index contributed by atoms with van der Waals surface area (Å²) in [7, 11) is 0. The molecule has 0 unspecified atom stereocenters. The van der Waals surface area contributed by atoms with Gasteiger partial charge in [0.05, 0.1) is 0 Å². The van der Waals surface area contributed by atoms with Crippen LogP contribution in [0.3, 0.4) is 0 Å². The topological polar surface area (TPSA) is 25.8 Å². The minimum Gasteiger partial charge on any atom is -0.142 e. The van der Waals surface area contributed by atoms with Crippen LogP contribution in [-0.4, -0.2) is 10.2 Å². The minimum atomic E-state index is 0.585. The summed E-state index contributed by atoms with van der Waals surface area (Å²) in [5.74, 6) is 0.625. The average molecular weight is 231 g/mol. The van der Waals surface area contributed by atoms with E-state index in [0.29, 0.717) is 10.4 Å². The van der Waals surface area contributed by atoms with Crippen LogP contribution in [0.4, 0.5) is 0 Å². The molecule has 0 bridgehead atoms. The zero-order valence-electron chi connectivity index (χ0n) is 8.21. The molecule has 0 saturated heterocycles. The van der Waals surface area contributed by atoms with Crippen LogP contribution in [0.25, 0.3) is 0 Å². The van der Waals surface area contributed by atoms with Crippen molar-refractivity contribution >= 4 is 22.9 Å². The Bertz CT molecular complexity index is 279. The SMILES string of the molecule is Clc1nnc(C2CCCCCCC2)s1. The molecule has 1 fully saturated rings. The normalized spacial score (nSPS) is 20.4. The number of aromatic nitrogens is 2. The van der Waals surface area contributed by atoms with Crippen molar-refractivity contribution in [1.82, 2.24) is 10.2 Å². The average Bonchev–Trinajstić information content (AvgIpc) is 2.51. The maximum Gasteiger partial charge on any atom is 0.207 e. The third-order valence-corrected chi connectivity index (χ3v) is 4.05. The molecule has 14 heavy (non-hydrogen) atoms. The summed E-state index contributed by atoms with van der Waals surface area (Å²) in [6.07, 6.45) is 9.37. The highest BCUT2D eigenvalue weighted by Crippen LogP contribution is 2.33. The van der Waals surface area contributed by atoms with Crippen molar-refractivity contribution in [3.63, 3.8) is 0 Å². The third kappa shape index (κ3) is 2.67. The van der Waals surface area contributed by atoms with E-state index in [2.05, 4.69) is 10.2 Å². The van der Waals surface area contributed by atoms with Crippen LogP contribution in [0.15, 0.2) is 0 Å². The molecule has 0 spiro atoms. The van der Waals surface area contributed by atoms with Crippen LogP contribution in [0.5, 0.6) is 0 Å². The first-order chi connectivity index (χ1) is 6.86.